The highest BCUT2D eigenvalue weighted by molar-refractivity contribution is 5.56. The smallest absolute Gasteiger partial charge is 0.320 e. The van der Waals surface area contributed by atoms with Crippen LogP contribution in [0.1, 0.15) is 5.69 Å². The third-order valence-corrected chi connectivity index (χ3v) is 2.86. The van der Waals surface area contributed by atoms with Crippen LogP contribution in [0.25, 0.3) is 11.6 Å². The Kier molecular flexibility index (Phi) is 3.48. The van der Waals surface area contributed by atoms with E-state index in [1.54, 1.807) is 18.2 Å². The van der Waals surface area contributed by atoms with Crippen LogP contribution in [0.5, 0.6) is 0 Å². The van der Waals surface area contributed by atoms with Gasteiger partial charge in [-0.15, -0.1) is 5.10 Å². The fourth-order valence-corrected chi connectivity index (χ4v) is 1.83. The van der Waals surface area contributed by atoms with Gasteiger partial charge in [0, 0.05) is 23.5 Å². The molecule has 0 unspecified atom stereocenters. The van der Waals surface area contributed by atoms with Crippen LogP contribution in [0.15, 0.2) is 46.9 Å². The minimum Gasteiger partial charge on any atom is -0.401 e. The molecule has 0 amide bonds. The molecule has 3 aromatic rings. The lowest BCUT2D eigenvalue weighted by Crippen LogP contribution is -1.91. The van der Waals surface area contributed by atoms with E-state index in [9.17, 15) is 10.1 Å². The van der Waals surface area contributed by atoms with Crippen molar-refractivity contribution >= 4 is 17.4 Å². The lowest BCUT2D eigenvalue weighted by Gasteiger charge is -2.00. The summed E-state index contributed by atoms with van der Waals surface area (Å²) in [5.41, 5.74) is 2.06. The average Bonchev–Trinajstić information content (AvgIpc) is 2.96. The molecule has 8 heteroatoms. The normalized spacial score (nSPS) is 10.4. The van der Waals surface area contributed by atoms with Gasteiger partial charge in [-0.25, -0.2) is 4.98 Å². The van der Waals surface area contributed by atoms with Crippen LogP contribution in [-0.2, 0) is 0 Å². The monoisotopic (exact) mass is 297 g/mol. The van der Waals surface area contributed by atoms with Gasteiger partial charge in [0.2, 0.25) is 0 Å². The van der Waals surface area contributed by atoms with Crippen molar-refractivity contribution in [2.24, 2.45) is 0 Å². The number of aryl methyl sites for hydroxylation is 1. The Morgan fingerprint density at radius 2 is 1.91 bits per heavy atom. The molecule has 8 nitrogen and oxygen atoms in total. The van der Waals surface area contributed by atoms with Gasteiger partial charge in [-0.05, 0) is 31.2 Å². The summed E-state index contributed by atoms with van der Waals surface area (Å²) in [5, 5.41) is 21.3. The fourth-order valence-electron chi connectivity index (χ4n) is 1.83. The first-order valence-electron chi connectivity index (χ1n) is 6.41. The molecule has 0 saturated carbocycles. The standard InChI is InChI=1S/C14H11N5O3/c1-9-3-2-4-12(15-9)13-17-18-14(22-13)16-10-5-7-11(8-6-10)19(20)21/h2-8H,1H3,(H,16,18). The molecule has 0 spiro atoms. The van der Waals surface area contributed by atoms with Crippen LogP contribution in [0.3, 0.4) is 0 Å². The summed E-state index contributed by atoms with van der Waals surface area (Å²) in [4.78, 5) is 14.4. The summed E-state index contributed by atoms with van der Waals surface area (Å²) in [7, 11) is 0. The molecule has 0 saturated heterocycles. The van der Waals surface area contributed by atoms with Crippen molar-refractivity contribution in [1.29, 1.82) is 0 Å². The summed E-state index contributed by atoms with van der Waals surface area (Å²) in [6, 6.07) is 11.6. The Morgan fingerprint density at radius 1 is 1.14 bits per heavy atom. The molecule has 2 aromatic heterocycles. The predicted octanol–water partition coefficient (Wildman–Crippen LogP) is 3.09. The second kappa shape index (κ2) is 5.60. The van der Waals surface area contributed by atoms with Gasteiger partial charge in [-0.2, -0.15) is 0 Å². The number of nitrogens with one attached hydrogen (secondary N) is 1. The Labute approximate surface area is 125 Å². The minimum absolute atomic E-state index is 0.0146. The number of benzene rings is 1. The summed E-state index contributed by atoms with van der Waals surface area (Å²) >= 11 is 0. The van der Waals surface area contributed by atoms with Crippen LogP contribution < -0.4 is 5.32 Å². The summed E-state index contributed by atoms with van der Waals surface area (Å²) in [6.45, 7) is 1.87. The van der Waals surface area contributed by atoms with Crippen molar-refractivity contribution in [3.8, 4) is 11.6 Å². The number of aromatic nitrogens is 3. The number of anilines is 2. The van der Waals surface area contributed by atoms with E-state index in [-0.39, 0.29) is 11.7 Å². The molecule has 0 radical (unpaired) electrons. The van der Waals surface area contributed by atoms with Crippen LogP contribution in [-0.4, -0.2) is 20.1 Å². The first-order valence-corrected chi connectivity index (χ1v) is 6.41. The van der Waals surface area contributed by atoms with Crippen LogP contribution in [0, 0.1) is 17.0 Å². The van der Waals surface area contributed by atoms with Crippen molar-refractivity contribution in [2.75, 3.05) is 5.32 Å². The van der Waals surface area contributed by atoms with E-state index in [1.807, 2.05) is 19.1 Å². The number of pyridine rings is 1. The molecule has 0 aliphatic heterocycles. The van der Waals surface area contributed by atoms with Crippen LogP contribution in [0.2, 0.25) is 0 Å². The molecule has 22 heavy (non-hydrogen) atoms. The average molecular weight is 297 g/mol. The van der Waals surface area contributed by atoms with E-state index in [2.05, 4.69) is 20.5 Å². The number of non-ortho nitro benzene ring substituents is 1. The number of nitro benzene ring substituents is 1. The Bertz CT molecular complexity index is 813. The zero-order valence-corrected chi connectivity index (χ0v) is 11.6. The van der Waals surface area contributed by atoms with E-state index in [4.69, 9.17) is 4.42 Å². The second-order valence-electron chi connectivity index (χ2n) is 4.51. The maximum Gasteiger partial charge on any atom is 0.320 e. The zero-order valence-electron chi connectivity index (χ0n) is 11.6. The summed E-state index contributed by atoms with van der Waals surface area (Å²) in [6.07, 6.45) is 0. The molecule has 0 aliphatic rings. The number of nitro groups is 1. The van der Waals surface area contributed by atoms with Crippen molar-refractivity contribution in [3.05, 3.63) is 58.3 Å². The fraction of sp³-hybridized carbons (Fsp3) is 0.0714. The molecule has 3 rings (SSSR count). The van der Waals surface area contributed by atoms with Crippen molar-refractivity contribution < 1.29 is 9.34 Å². The summed E-state index contributed by atoms with van der Waals surface area (Å²) < 4.78 is 5.48. The number of hydrogen-bond acceptors (Lipinski definition) is 7. The third kappa shape index (κ3) is 2.90. The predicted molar refractivity (Wildman–Crippen MR) is 78.6 cm³/mol. The Hall–Kier alpha value is -3.29. The van der Waals surface area contributed by atoms with Gasteiger partial charge in [0.25, 0.3) is 11.6 Å². The molecule has 1 aromatic carbocycles. The van der Waals surface area contributed by atoms with Crippen molar-refractivity contribution in [3.63, 3.8) is 0 Å². The number of hydrogen-bond donors (Lipinski definition) is 1. The maximum absolute atomic E-state index is 10.6. The van der Waals surface area contributed by atoms with E-state index in [0.29, 0.717) is 17.3 Å². The first kappa shape index (κ1) is 13.7. The van der Waals surface area contributed by atoms with E-state index >= 15 is 0 Å². The highest BCUT2D eigenvalue weighted by Gasteiger charge is 2.11. The largest absolute Gasteiger partial charge is 0.401 e. The lowest BCUT2D eigenvalue weighted by molar-refractivity contribution is -0.384. The van der Waals surface area contributed by atoms with Crippen molar-refractivity contribution in [2.45, 2.75) is 6.92 Å². The Morgan fingerprint density at radius 3 is 2.59 bits per heavy atom. The quantitative estimate of drug-likeness (QED) is 0.582. The van der Waals surface area contributed by atoms with E-state index in [1.165, 1.54) is 12.1 Å². The highest BCUT2D eigenvalue weighted by Crippen LogP contribution is 2.22. The SMILES string of the molecule is Cc1cccc(-c2nnc(Nc3ccc([N+](=O)[O-])cc3)o2)n1. The van der Waals surface area contributed by atoms with Crippen LogP contribution >= 0.6 is 0 Å². The maximum atomic E-state index is 10.6. The Balaban J connectivity index is 1.78. The van der Waals surface area contributed by atoms with Gasteiger partial charge in [-0.3, -0.25) is 10.1 Å². The van der Waals surface area contributed by atoms with E-state index < -0.39 is 4.92 Å². The zero-order chi connectivity index (χ0) is 15.5. The van der Waals surface area contributed by atoms with Gasteiger partial charge in [-0.1, -0.05) is 11.2 Å². The lowest BCUT2D eigenvalue weighted by atomic mass is 10.3. The molecule has 0 aliphatic carbocycles. The van der Waals surface area contributed by atoms with Crippen LogP contribution in [0.4, 0.5) is 17.4 Å². The van der Waals surface area contributed by atoms with E-state index in [0.717, 1.165) is 5.69 Å². The van der Waals surface area contributed by atoms with Gasteiger partial charge >= 0.3 is 6.01 Å². The molecule has 110 valence electrons. The third-order valence-electron chi connectivity index (χ3n) is 2.86. The molecule has 2 heterocycles. The van der Waals surface area contributed by atoms with Gasteiger partial charge < -0.3 is 9.73 Å². The first-order chi connectivity index (χ1) is 10.6. The highest BCUT2D eigenvalue weighted by atomic mass is 16.6. The second-order valence-corrected chi connectivity index (χ2v) is 4.51. The molecular formula is C14H11N5O3. The molecule has 0 fully saturated rings. The summed E-state index contributed by atoms with van der Waals surface area (Å²) in [5.74, 6) is 0.299. The molecule has 1 N–H and O–H groups in total. The van der Waals surface area contributed by atoms with Gasteiger partial charge in [0.1, 0.15) is 5.69 Å². The van der Waals surface area contributed by atoms with Gasteiger partial charge in [0.05, 0.1) is 4.92 Å². The molecule has 0 bridgehead atoms. The van der Waals surface area contributed by atoms with Crippen molar-refractivity contribution in [1.82, 2.24) is 15.2 Å². The molecular weight excluding hydrogens is 286 g/mol. The number of nitrogens with zero attached hydrogens (tertiary/aromatic N) is 4. The number of rotatable bonds is 4. The minimum atomic E-state index is -0.460. The topological polar surface area (TPSA) is 107 Å². The molecule has 0 atom stereocenters. The van der Waals surface area contributed by atoms with Gasteiger partial charge in [0.15, 0.2) is 0 Å².